The van der Waals surface area contributed by atoms with Crippen LogP contribution in [0.2, 0.25) is 0 Å². The average Bonchev–Trinajstić information content (AvgIpc) is 2.33. The summed E-state index contributed by atoms with van der Waals surface area (Å²) in [5.41, 5.74) is 0.765. The van der Waals surface area contributed by atoms with Gasteiger partial charge in [-0.25, -0.2) is 9.18 Å². The molecule has 0 radical (unpaired) electrons. The molecule has 0 saturated heterocycles. The quantitative estimate of drug-likeness (QED) is 0.753. The van der Waals surface area contributed by atoms with Crippen LogP contribution in [0.15, 0.2) is 16.6 Å². The number of aryl methyl sites for hydroxylation is 1. The minimum absolute atomic E-state index is 0.270. The molecule has 1 aromatic carbocycles. The molecule has 1 amide bonds. The molecule has 0 aliphatic rings. The van der Waals surface area contributed by atoms with E-state index in [1.165, 1.54) is 6.07 Å². The molecule has 0 aliphatic heterocycles. The summed E-state index contributed by atoms with van der Waals surface area (Å²) < 4.78 is 19.9. The van der Waals surface area contributed by atoms with E-state index in [0.717, 1.165) is 16.5 Å². The summed E-state index contributed by atoms with van der Waals surface area (Å²) in [6.07, 6.45) is 0.433. The fourth-order valence-electron chi connectivity index (χ4n) is 1.85. The Morgan fingerprint density at radius 2 is 2.00 bits per heavy atom. The van der Waals surface area contributed by atoms with Crippen LogP contribution in [0.4, 0.5) is 9.18 Å². The monoisotopic (exact) mass is 359 g/mol. The zero-order valence-electron chi connectivity index (χ0n) is 13.3. The molecule has 0 heterocycles. The summed E-state index contributed by atoms with van der Waals surface area (Å²) in [7, 11) is 0. The van der Waals surface area contributed by atoms with E-state index in [-0.39, 0.29) is 11.9 Å². The van der Waals surface area contributed by atoms with Crippen molar-refractivity contribution in [2.45, 2.75) is 53.2 Å². The Balaban J connectivity index is 2.93. The highest BCUT2D eigenvalue weighted by Crippen LogP contribution is 2.23. The second-order valence-corrected chi connectivity index (χ2v) is 6.95. The van der Waals surface area contributed by atoms with Crippen molar-refractivity contribution in [3.63, 3.8) is 0 Å². The number of benzene rings is 1. The third-order valence-electron chi connectivity index (χ3n) is 2.83. The fourth-order valence-corrected chi connectivity index (χ4v) is 2.43. The second kappa shape index (κ2) is 7.25. The summed E-state index contributed by atoms with van der Waals surface area (Å²) in [6, 6.07) is 3.19. The lowest BCUT2D eigenvalue weighted by Crippen LogP contribution is -2.37. The largest absolute Gasteiger partial charge is 0.444 e. The lowest BCUT2D eigenvalue weighted by Gasteiger charge is -2.27. The number of hydrogen-bond donors (Lipinski definition) is 0. The van der Waals surface area contributed by atoms with Crippen molar-refractivity contribution in [3.05, 3.63) is 33.5 Å². The van der Waals surface area contributed by atoms with E-state index in [1.54, 1.807) is 17.9 Å². The SMILES string of the molecule is CCCN(Cc1cc(F)c(C)cc1Br)C(=O)OC(C)(C)C. The maximum atomic E-state index is 13.7. The molecule has 3 nitrogen and oxygen atoms in total. The molecular weight excluding hydrogens is 337 g/mol. The number of hydrogen-bond acceptors (Lipinski definition) is 2. The number of amides is 1. The van der Waals surface area contributed by atoms with Crippen molar-refractivity contribution < 1.29 is 13.9 Å². The van der Waals surface area contributed by atoms with Crippen molar-refractivity contribution in [3.8, 4) is 0 Å². The molecule has 1 rings (SSSR count). The van der Waals surface area contributed by atoms with Crippen LogP contribution in [0.5, 0.6) is 0 Å². The van der Waals surface area contributed by atoms with Crippen LogP contribution in [0.25, 0.3) is 0 Å². The molecule has 0 saturated carbocycles. The molecule has 0 N–H and O–H groups in total. The first-order valence-electron chi connectivity index (χ1n) is 7.06. The summed E-state index contributed by atoms with van der Waals surface area (Å²) >= 11 is 3.43. The van der Waals surface area contributed by atoms with E-state index in [4.69, 9.17) is 4.74 Å². The van der Waals surface area contributed by atoms with Crippen LogP contribution in [-0.2, 0) is 11.3 Å². The van der Waals surface area contributed by atoms with Crippen LogP contribution in [0.1, 0.15) is 45.2 Å². The predicted octanol–water partition coefficient (Wildman–Crippen LogP) is 5.04. The highest BCUT2D eigenvalue weighted by molar-refractivity contribution is 9.10. The Bertz CT molecular complexity index is 512. The fraction of sp³-hybridized carbons (Fsp3) is 0.562. The van der Waals surface area contributed by atoms with Gasteiger partial charge in [-0.1, -0.05) is 22.9 Å². The van der Waals surface area contributed by atoms with Crippen molar-refractivity contribution in [2.75, 3.05) is 6.54 Å². The molecule has 118 valence electrons. The number of halogens is 2. The third kappa shape index (κ3) is 5.65. The molecule has 0 aromatic heterocycles. The minimum Gasteiger partial charge on any atom is -0.444 e. The van der Waals surface area contributed by atoms with Gasteiger partial charge in [0.15, 0.2) is 0 Å². The topological polar surface area (TPSA) is 29.5 Å². The van der Waals surface area contributed by atoms with Gasteiger partial charge in [-0.05, 0) is 57.4 Å². The predicted molar refractivity (Wildman–Crippen MR) is 85.8 cm³/mol. The Morgan fingerprint density at radius 1 is 1.38 bits per heavy atom. The first kappa shape index (κ1) is 18.0. The molecule has 21 heavy (non-hydrogen) atoms. The Morgan fingerprint density at radius 3 is 2.52 bits per heavy atom. The number of carbonyl (C=O) groups is 1. The van der Waals surface area contributed by atoms with Gasteiger partial charge < -0.3 is 9.64 Å². The van der Waals surface area contributed by atoms with Crippen molar-refractivity contribution in [1.29, 1.82) is 0 Å². The van der Waals surface area contributed by atoms with Gasteiger partial charge in [-0.2, -0.15) is 0 Å². The first-order valence-corrected chi connectivity index (χ1v) is 7.85. The van der Waals surface area contributed by atoms with Crippen molar-refractivity contribution in [2.24, 2.45) is 0 Å². The number of ether oxygens (including phenoxy) is 1. The molecule has 0 atom stereocenters. The lowest BCUT2D eigenvalue weighted by molar-refractivity contribution is 0.0233. The van der Waals surface area contributed by atoms with Crippen LogP contribution in [0, 0.1) is 12.7 Å². The van der Waals surface area contributed by atoms with Gasteiger partial charge in [0.25, 0.3) is 0 Å². The van der Waals surface area contributed by atoms with Gasteiger partial charge in [0.05, 0.1) is 6.54 Å². The van der Waals surface area contributed by atoms with E-state index in [1.807, 2.05) is 27.7 Å². The normalized spacial score (nSPS) is 11.4. The van der Waals surface area contributed by atoms with Crippen LogP contribution in [-0.4, -0.2) is 23.1 Å². The second-order valence-electron chi connectivity index (χ2n) is 6.09. The highest BCUT2D eigenvalue weighted by Gasteiger charge is 2.22. The maximum Gasteiger partial charge on any atom is 0.410 e. The molecule has 0 bridgehead atoms. The van der Waals surface area contributed by atoms with E-state index < -0.39 is 5.60 Å². The molecular formula is C16H23BrFNO2. The Kier molecular flexibility index (Phi) is 6.20. The third-order valence-corrected chi connectivity index (χ3v) is 3.57. The minimum atomic E-state index is -0.543. The van der Waals surface area contributed by atoms with E-state index in [0.29, 0.717) is 18.7 Å². The number of carbonyl (C=O) groups excluding carboxylic acids is 1. The Hall–Kier alpha value is -1.10. The van der Waals surface area contributed by atoms with E-state index >= 15 is 0 Å². The molecule has 1 aromatic rings. The zero-order chi connectivity index (χ0) is 16.2. The zero-order valence-corrected chi connectivity index (χ0v) is 14.9. The summed E-state index contributed by atoms with van der Waals surface area (Å²) in [4.78, 5) is 13.8. The van der Waals surface area contributed by atoms with Crippen LogP contribution >= 0.6 is 15.9 Å². The van der Waals surface area contributed by atoms with Gasteiger partial charge in [-0.15, -0.1) is 0 Å². The average molecular weight is 360 g/mol. The first-order chi connectivity index (χ1) is 9.64. The van der Waals surface area contributed by atoms with Gasteiger partial charge in [0, 0.05) is 11.0 Å². The van der Waals surface area contributed by atoms with Crippen LogP contribution in [0.3, 0.4) is 0 Å². The molecule has 5 heteroatoms. The van der Waals surface area contributed by atoms with Crippen LogP contribution < -0.4 is 0 Å². The summed E-state index contributed by atoms with van der Waals surface area (Å²) in [5.74, 6) is -0.270. The van der Waals surface area contributed by atoms with Crippen molar-refractivity contribution in [1.82, 2.24) is 4.90 Å². The van der Waals surface area contributed by atoms with E-state index in [9.17, 15) is 9.18 Å². The summed E-state index contributed by atoms with van der Waals surface area (Å²) in [6.45, 7) is 10.1. The van der Waals surface area contributed by atoms with Gasteiger partial charge in [0.1, 0.15) is 11.4 Å². The van der Waals surface area contributed by atoms with Gasteiger partial charge in [0.2, 0.25) is 0 Å². The molecule has 0 unspecified atom stereocenters. The highest BCUT2D eigenvalue weighted by atomic mass is 79.9. The molecule has 0 aliphatic carbocycles. The van der Waals surface area contributed by atoms with Crippen molar-refractivity contribution >= 4 is 22.0 Å². The molecule has 0 fully saturated rings. The Labute approximate surface area is 134 Å². The summed E-state index contributed by atoms with van der Waals surface area (Å²) in [5, 5.41) is 0. The maximum absolute atomic E-state index is 13.7. The van der Waals surface area contributed by atoms with E-state index in [2.05, 4.69) is 15.9 Å². The van der Waals surface area contributed by atoms with Gasteiger partial charge >= 0.3 is 6.09 Å². The standard InChI is InChI=1S/C16H23BrFNO2/c1-6-7-19(15(20)21-16(3,4)5)10-12-9-14(18)11(2)8-13(12)17/h8-9H,6-7,10H2,1-5H3. The lowest BCUT2D eigenvalue weighted by atomic mass is 10.1. The number of rotatable bonds is 4. The van der Waals surface area contributed by atoms with Gasteiger partial charge in [-0.3, -0.25) is 0 Å². The molecule has 0 spiro atoms. The number of nitrogens with zero attached hydrogens (tertiary/aromatic N) is 1. The smallest absolute Gasteiger partial charge is 0.410 e.